The van der Waals surface area contributed by atoms with E-state index >= 15 is 0 Å². The van der Waals surface area contributed by atoms with Crippen LogP contribution in [0.1, 0.15) is 33.6 Å². The first-order valence-corrected chi connectivity index (χ1v) is 12.5. The Kier molecular flexibility index (Phi) is 21.1. The molecule has 234 valence electrons. The molecule has 4 heterocycles. The second-order valence-electron chi connectivity index (χ2n) is 9.04. The minimum Gasteiger partial charge on any atom is -0.255 e. The largest absolute Gasteiger partial charge is 0.255 e. The summed E-state index contributed by atoms with van der Waals surface area (Å²) in [7, 11) is 0. The molecule has 44 heavy (non-hydrogen) atoms. The number of hydrogen-bond donors (Lipinski definition) is 0. The Labute approximate surface area is 322 Å². The molecule has 0 unspecified atom stereocenters. The van der Waals surface area contributed by atoms with Crippen LogP contribution in [-0.4, -0.2) is 32.4 Å². The molecule has 5 aromatic rings. The van der Waals surface area contributed by atoms with E-state index < -0.39 is 0 Å². The molecule has 0 amide bonds. The van der Waals surface area contributed by atoms with Crippen molar-refractivity contribution < 1.29 is 34.1 Å². The van der Waals surface area contributed by atoms with Crippen LogP contribution in [0, 0.1) is 27.7 Å². The smallest absolute Gasteiger partial charge is 0.0894 e. The summed E-state index contributed by atoms with van der Waals surface area (Å²) in [4.78, 5) is 28.0. The molecule has 0 aliphatic carbocycles. The van der Waals surface area contributed by atoms with Crippen molar-refractivity contribution in [3.05, 3.63) is 119 Å². The molecule has 0 atom stereocenters. The number of hydrogen-bond acceptors (Lipinski definition) is 6. The fourth-order valence-electron chi connectivity index (χ4n) is 4.28. The van der Waals surface area contributed by atoms with Crippen molar-refractivity contribution in [3.8, 4) is 22.8 Å². The van der Waals surface area contributed by atoms with Gasteiger partial charge in [0.05, 0.1) is 58.0 Å². The Hall–Kier alpha value is -1.88. The summed E-state index contributed by atoms with van der Waals surface area (Å²) in [6.45, 7) is 8.35. The van der Waals surface area contributed by atoms with Crippen molar-refractivity contribution in [1.82, 2.24) is 19.9 Å². The summed E-state index contributed by atoms with van der Waals surface area (Å²) in [5.74, 6) is 0. The quantitative estimate of drug-likeness (QED) is 0.126. The third-order valence-electron chi connectivity index (χ3n) is 6.59. The summed E-state index contributed by atoms with van der Waals surface area (Å²) in [5, 5.41) is 0. The third kappa shape index (κ3) is 10.6. The number of pyridine rings is 4. The zero-order valence-corrected chi connectivity index (χ0v) is 33.3. The Balaban J connectivity index is 0. The van der Waals surface area contributed by atoms with E-state index in [1.165, 1.54) is 0 Å². The van der Waals surface area contributed by atoms with Gasteiger partial charge in [0.1, 0.15) is 0 Å². The summed E-state index contributed by atoms with van der Waals surface area (Å²) in [5.41, 5.74) is 11.1. The molecule has 5 rings (SSSR count). The average Bonchev–Trinajstić information content (AvgIpc) is 2.97. The van der Waals surface area contributed by atoms with Crippen molar-refractivity contribution in [2.24, 2.45) is 9.98 Å². The number of benzene rings is 1. The zero-order valence-electron chi connectivity index (χ0n) is 24.3. The molecule has 0 saturated carbocycles. The standard InChI is InChI=1S/C32H28N6.4BrH.2Fe/c1-21-22(2)32(36-20-26-12-10-16-30(38-26)28-14-6-8-18-34-28)24(4)23(3)31(21)35-19-25-11-9-15-29(37-25)27-13-5-7-17-33-27;;;;;;/h5-20H,1-4H3;4*1H;;. The van der Waals surface area contributed by atoms with Crippen molar-refractivity contribution in [2.45, 2.75) is 27.7 Å². The van der Waals surface area contributed by atoms with Crippen LogP contribution in [0.25, 0.3) is 22.8 Å². The molecule has 12 heteroatoms. The molecule has 4 aromatic heterocycles. The van der Waals surface area contributed by atoms with Gasteiger partial charge in [-0.05, 0) is 98.5 Å². The second kappa shape index (κ2) is 21.0. The minimum absolute atomic E-state index is 0. The third-order valence-corrected chi connectivity index (χ3v) is 6.59. The first kappa shape index (κ1) is 44.2. The van der Waals surface area contributed by atoms with Gasteiger partial charge in [-0.3, -0.25) is 20.0 Å². The SMILES string of the molecule is Br.Br.Br.Br.Cc1c(C)c(N=Cc2cccc(-c3ccccn3)n2)c(C)c(C)c1N=Cc1cccc(-c2ccccn2)n1.[Fe].[Fe]. The van der Waals surface area contributed by atoms with Gasteiger partial charge in [0.15, 0.2) is 0 Å². The van der Waals surface area contributed by atoms with Crippen LogP contribution in [0.15, 0.2) is 95.2 Å². The fourth-order valence-corrected chi connectivity index (χ4v) is 4.28. The van der Waals surface area contributed by atoms with Crippen molar-refractivity contribution >= 4 is 91.7 Å². The van der Waals surface area contributed by atoms with Crippen molar-refractivity contribution in [2.75, 3.05) is 0 Å². The first-order chi connectivity index (χ1) is 18.5. The van der Waals surface area contributed by atoms with Gasteiger partial charge in [0.25, 0.3) is 0 Å². The molecule has 0 radical (unpaired) electrons. The van der Waals surface area contributed by atoms with Crippen LogP contribution in [0.3, 0.4) is 0 Å². The summed E-state index contributed by atoms with van der Waals surface area (Å²) < 4.78 is 0. The number of rotatable bonds is 6. The van der Waals surface area contributed by atoms with E-state index in [2.05, 4.69) is 37.7 Å². The zero-order chi connectivity index (χ0) is 26.5. The van der Waals surface area contributed by atoms with E-state index in [1.54, 1.807) is 12.4 Å². The van der Waals surface area contributed by atoms with E-state index in [-0.39, 0.29) is 102 Å². The van der Waals surface area contributed by atoms with Crippen LogP contribution in [-0.2, 0) is 34.1 Å². The average molecular weight is 932 g/mol. The monoisotopic (exact) mass is 928 g/mol. The molecule has 0 aliphatic rings. The number of aromatic nitrogens is 4. The predicted molar refractivity (Wildman–Crippen MR) is 196 cm³/mol. The molecule has 0 aliphatic heterocycles. The molecule has 0 bridgehead atoms. The Morgan fingerprint density at radius 1 is 0.455 bits per heavy atom. The van der Waals surface area contributed by atoms with Gasteiger partial charge in [-0.1, -0.05) is 24.3 Å². The molecule has 0 spiro atoms. The molecule has 1 aromatic carbocycles. The molecule has 6 nitrogen and oxygen atoms in total. The Morgan fingerprint density at radius 3 is 1.11 bits per heavy atom. The molecule has 0 saturated heterocycles. The summed E-state index contributed by atoms with van der Waals surface area (Å²) in [6, 6.07) is 23.4. The van der Waals surface area contributed by atoms with Gasteiger partial charge in [0.2, 0.25) is 0 Å². The minimum atomic E-state index is 0. The van der Waals surface area contributed by atoms with Crippen molar-refractivity contribution in [3.63, 3.8) is 0 Å². The van der Waals surface area contributed by atoms with E-state index in [9.17, 15) is 0 Å². The molecule has 0 fully saturated rings. The van der Waals surface area contributed by atoms with Gasteiger partial charge in [-0.25, -0.2) is 9.97 Å². The maximum absolute atomic E-state index is 4.86. The van der Waals surface area contributed by atoms with Crippen molar-refractivity contribution in [1.29, 1.82) is 0 Å². The van der Waals surface area contributed by atoms with Crippen LogP contribution < -0.4 is 0 Å². The maximum atomic E-state index is 4.86. The van der Waals surface area contributed by atoms with Gasteiger partial charge < -0.3 is 0 Å². The Bertz CT molecular complexity index is 1520. The second-order valence-corrected chi connectivity index (χ2v) is 9.04. The van der Waals surface area contributed by atoms with Gasteiger partial charge in [-0.2, -0.15) is 0 Å². The van der Waals surface area contributed by atoms with Crippen LogP contribution in [0.2, 0.25) is 0 Å². The van der Waals surface area contributed by atoms with E-state index in [0.29, 0.717) is 0 Å². The number of aliphatic imine (C=N–C) groups is 2. The van der Waals surface area contributed by atoms with Gasteiger partial charge in [-0.15, -0.1) is 67.9 Å². The van der Waals surface area contributed by atoms with E-state index in [1.807, 2.05) is 85.2 Å². The fraction of sp³-hybridized carbons (Fsp3) is 0.125. The van der Waals surface area contributed by atoms with Gasteiger partial charge in [0, 0.05) is 46.5 Å². The molecular formula is C32H32Br4Fe2N6. The van der Waals surface area contributed by atoms with Gasteiger partial charge >= 0.3 is 0 Å². The van der Waals surface area contributed by atoms with Crippen LogP contribution in [0.4, 0.5) is 11.4 Å². The predicted octanol–water partition coefficient (Wildman–Crippen LogP) is 9.64. The topological polar surface area (TPSA) is 76.3 Å². The first-order valence-electron chi connectivity index (χ1n) is 12.5. The van der Waals surface area contributed by atoms with Crippen LogP contribution >= 0.6 is 67.9 Å². The normalized spacial score (nSPS) is 9.91. The molecule has 0 N–H and O–H groups in total. The number of halogens is 4. The number of nitrogens with zero attached hydrogens (tertiary/aromatic N) is 6. The summed E-state index contributed by atoms with van der Waals surface area (Å²) in [6.07, 6.45) is 7.17. The van der Waals surface area contributed by atoms with E-state index in [4.69, 9.17) is 20.0 Å². The molecular weight excluding hydrogens is 900 g/mol. The maximum Gasteiger partial charge on any atom is 0.0894 e. The van der Waals surface area contributed by atoms with Crippen LogP contribution in [0.5, 0.6) is 0 Å². The Morgan fingerprint density at radius 2 is 0.795 bits per heavy atom. The van der Waals surface area contributed by atoms with E-state index in [0.717, 1.165) is 67.8 Å². The summed E-state index contributed by atoms with van der Waals surface area (Å²) >= 11 is 0.